The average molecular weight is 592 g/mol. The Balaban J connectivity index is 2.08. The van der Waals surface area contributed by atoms with Gasteiger partial charge in [-0.3, -0.25) is 9.20 Å². The van der Waals surface area contributed by atoms with E-state index in [1.807, 2.05) is 46.1 Å². The molecule has 0 aromatic carbocycles. The molecule has 1 unspecified atom stereocenters. The van der Waals surface area contributed by atoms with Gasteiger partial charge < -0.3 is 23.7 Å². The van der Waals surface area contributed by atoms with Crippen molar-refractivity contribution < 1.29 is 23.7 Å². The van der Waals surface area contributed by atoms with Gasteiger partial charge in [0, 0.05) is 0 Å². The van der Waals surface area contributed by atoms with Gasteiger partial charge in [0.2, 0.25) is 8.32 Å². The predicted molar refractivity (Wildman–Crippen MR) is 159 cm³/mol. The van der Waals surface area contributed by atoms with E-state index in [9.17, 15) is 5.11 Å². The van der Waals surface area contributed by atoms with Crippen LogP contribution >= 0.6 is 0 Å². The Morgan fingerprint density at radius 3 is 2.10 bits per heavy atom. The van der Waals surface area contributed by atoms with Crippen molar-refractivity contribution in [2.24, 2.45) is 10.0 Å². The maximum atomic E-state index is 11.5. The fraction of sp³-hybridized carbons (Fsp3) is 0.821. The maximum Gasteiger partial charge on any atom is 0.203 e. The minimum atomic E-state index is -2.19. The van der Waals surface area contributed by atoms with Crippen LogP contribution in [0.4, 0.5) is 5.82 Å². The number of aliphatic hydroxyl groups is 1. The molecule has 224 valence electrons. The molecule has 0 aliphatic carbocycles. The van der Waals surface area contributed by atoms with Gasteiger partial charge in [0.25, 0.3) is 0 Å². The maximum absolute atomic E-state index is 11.5. The average Bonchev–Trinajstić information content (AvgIpc) is 3.40. The third-order valence-electron chi connectivity index (χ3n) is 7.91. The molecule has 1 aliphatic heterocycles. The molecule has 1 saturated heterocycles. The monoisotopic (exact) mass is 591 g/mol. The van der Waals surface area contributed by atoms with Crippen molar-refractivity contribution in [3.05, 3.63) is 12.7 Å². The third-order valence-corrected chi connectivity index (χ3v) is 14.2. The number of imidazole rings is 1. The van der Waals surface area contributed by atoms with Crippen LogP contribution < -0.4 is 0 Å². The molecule has 0 saturated carbocycles. The molecule has 0 bridgehead atoms. The van der Waals surface area contributed by atoms with Crippen molar-refractivity contribution >= 4 is 35.3 Å². The molecule has 12 heteroatoms. The summed E-state index contributed by atoms with van der Waals surface area (Å²) in [7, 11) is 0.986. The summed E-state index contributed by atoms with van der Waals surface area (Å²) in [5.41, 5.74) is 1.31. The van der Waals surface area contributed by atoms with Gasteiger partial charge in [0.15, 0.2) is 33.2 Å². The lowest BCUT2D eigenvalue weighted by atomic mass is 9.83. The zero-order valence-electron chi connectivity index (χ0n) is 26.3. The molecule has 2 aromatic rings. The van der Waals surface area contributed by atoms with Crippen LogP contribution in [-0.4, -0.2) is 79.8 Å². The number of rotatable bonds is 11. The first kappa shape index (κ1) is 33.1. The minimum Gasteiger partial charge on any atom is -0.394 e. The highest BCUT2D eigenvalue weighted by atomic mass is 28.4. The van der Waals surface area contributed by atoms with Crippen LogP contribution in [0.25, 0.3) is 11.2 Å². The lowest BCUT2D eigenvalue weighted by molar-refractivity contribution is -0.164. The van der Waals surface area contributed by atoms with E-state index in [-0.39, 0.29) is 6.79 Å². The molecule has 40 heavy (non-hydrogen) atoms. The summed E-state index contributed by atoms with van der Waals surface area (Å²) in [5, 5.41) is 11.5. The van der Waals surface area contributed by atoms with Crippen LogP contribution in [0.15, 0.2) is 17.3 Å². The first-order chi connectivity index (χ1) is 18.5. The van der Waals surface area contributed by atoms with Gasteiger partial charge in [-0.25, -0.2) is 15.0 Å². The van der Waals surface area contributed by atoms with Crippen molar-refractivity contribution in [3.63, 3.8) is 0 Å². The summed E-state index contributed by atoms with van der Waals surface area (Å²) >= 11 is 0. The topological polar surface area (TPSA) is 113 Å². The molecule has 3 rings (SSSR count). The second-order valence-corrected chi connectivity index (χ2v) is 19.5. The molecule has 5 atom stereocenters. The Hall–Kier alpha value is -1.42. The molecule has 2 radical (unpaired) electrons. The molecular formula is C28H49N5O5Si2. The molecule has 1 fully saturated rings. The lowest BCUT2D eigenvalue weighted by Crippen LogP contribution is -2.51. The van der Waals surface area contributed by atoms with Gasteiger partial charge in [-0.1, -0.05) is 62.3 Å². The zero-order valence-corrected chi connectivity index (χ0v) is 28.3. The van der Waals surface area contributed by atoms with Crippen molar-refractivity contribution in [2.45, 2.75) is 136 Å². The van der Waals surface area contributed by atoms with Gasteiger partial charge in [0.05, 0.1) is 18.0 Å². The molecule has 3 heterocycles. The standard InChI is InChI=1S/C28H49N5O5Si2/c1-16(2)40(17(3)4,18(5)6)36-15-35-22-20(38-28(10,11)12)21(23(34)27(7,8)9)37-26(22)33-14-31-19-24(32-39)29-13-30-25(19)33/h13-14,16-18,20-23,26,34H,15H2,1-12H3/t20-,21+,22-,23?,26-/m1/s1. The quantitative estimate of drug-likeness (QED) is 0.256. The summed E-state index contributed by atoms with van der Waals surface area (Å²) in [6.07, 6.45) is -0.302. The zero-order chi connectivity index (χ0) is 30.2. The number of fused-ring (bicyclic) bond motifs is 1. The van der Waals surface area contributed by atoms with Crippen molar-refractivity contribution in [3.8, 4) is 0 Å². The fourth-order valence-corrected chi connectivity index (χ4v) is 11.6. The Morgan fingerprint density at radius 2 is 1.60 bits per heavy atom. The Kier molecular flexibility index (Phi) is 10.3. The summed E-state index contributed by atoms with van der Waals surface area (Å²) in [6.45, 7) is 25.5. The third kappa shape index (κ3) is 6.63. The first-order valence-corrected chi connectivity index (χ1v) is 16.9. The van der Waals surface area contributed by atoms with Gasteiger partial charge >= 0.3 is 0 Å². The van der Waals surface area contributed by atoms with E-state index in [0.29, 0.717) is 33.6 Å². The van der Waals surface area contributed by atoms with Crippen molar-refractivity contribution in [1.82, 2.24) is 19.5 Å². The smallest absolute Gasteiger partial charge is 0.203 e. The van der Waals surface area contributed by atoms with Gasteiger partial charge in [-0.2, -0.15) is 0 Å². The van der Waals surface area contributed by atoms with Crippen LogP contribution in [-0.2, 0) is 18.6 Å². The van der Waals surface area contributed by atoms with Crippen molar-refractivity contribution in [1.29, 1.82) is 0 Å². The molecule has 2 aromatic heterocycles. The number of aromatic nitrogens is 4. The molecular weight excluding hydrogens is 543 g/mol. The molecule has 1 N–H and O–H groups in total. The van der Waals surface area contributed by atoms with E-state index in [2.05, 4.69) is 71.2 Å². The summed E-state index contributed by atoms with van der Waals surface area (Å²) < 4.78 is 32.5. The number of ether oxygens (including phenoxy) is 3. The van der Waals surface area contributed by atoms with Crippen molar-refractivity contribution in [2.75, 3.05) is 6.79 Å². The van der Waals surface area contributed by atoms with E-state index in [1.54, 1.807) is 6.33 Å². The van der Waals surface area contributed by atoms with Crippen LogP contribution in [0.1, 0.15) is 89.3 Å². The van der Waals surface area contributed by atoms with E-state index >= 15 is 0 Å². The first-order valence-electron chi connectivity index (χ1n) is 14.3. The Morgan fingerprint density at radius 1 is 1.00 bits per heavy atom. The predicted octanol–water partition coefficient (Wildman–Crippen LogP) is 5.83. The number of aliphatic hydroxyl groups excluding tert-OH is 1. The van der Waals surface area contributed by atoms with Crippen LogP contribution in [0.2, 0.25) is 16.6 Å². The number of hydrogen-bond donors (Lipinski definition) is 1. The minimum absolute atomic E-state index is 0.0942. The summed E-state index contributed by atoms with van der Waals surface area (Å²) in [5.74, 6) is 0.412. The van der Waals surface area contributed by atoms with Gasteiger partial charge in [-0.15, -0.1) is 0 Å². The van der Waals surface area contributed by atoms with Gasteiger partial charge in [0.1, 0.15) is 31.4 Å². The highest BCUT2D eigenvalue weighted by Crippen LogP contribution is 2.44. The second kappa shape index (κ2) is 12.4. The van der Waals surface area contributed by atoms with Crippen LogP contribution in [0, 0.1) is 5.41 Å². The lowest BCUT2D eigenvalue weighted by Gasteiger charge is -2.42. The van der Waals surface area contributed by atoms with E-state index in [4.69, 9.17) is 18.6 Å². The van der Waals surface area contributed by atoms with E-state index in [1.165, 1.54) is 6.33 Å². The Labute approximate surface area is 243 Å². The second-order valence-electron chi connectivity index (χ2n) is 13.8. The Bertz CT molecular complexity index is 1120. The summed E-state index contributed by atoms with van der Waals surface area (Å²) in [4.78, 5) is 13.2. The molecule has 0 amide bonds. The van der Waals surface area contributed by atoms with Gasteiger partial charge in [-0.05, 0) is 42.8 Å². The number of hydrogen-bond acceptors (Lipinski definition) is 9. The molecule has 10 nitrogen and oxygen atoms in total. The van der Waals surface area contributed by atoms with E-state index < -0.39 is 50.0 Å². The van der Waals surface area contributed by atoms with Crippen LogP contribution in [0.3, 0.4) is 0 Å². The van der Waals surface area contributed by atoms with Crippen LogP contribution in [0.5, 0.6) is 0 Å². The largest absolute Gasteiger partial charge is 0.394 e. The fourth-order valence-electron chi connectivity index (χ4n) is 6.18. The highest BCUT2D eigenvalue weighted by molar-refractivity contribution is 6.77. The number of nitrogens with zero attached hydrogens (tertiary/aromatic N) is 5. The van der Waals surface area contributed by atoms with E-state index in [0.717, 1.165) is 0 Å². The highest BCUT2D eigenvalue weighted by Gasteiger charge is 2.54. The molecule has 1 aliphatic rings. The SMILES string of the molecule is CC(C)[Si](OCO[C@@H]1[C@H](OC(C)(C)C)[C@@H](C(O)C(C)(C)C)O[C@H]1n1cnc2c(N=[Si])ncnc21)(C(C)C)C(C)C. The summed E-state index contributed by atoms with van der Waals surface area (Å²) in [6, 6.07) is 0. The normalized spacial score (nSPS) is 23.6. The molecule has 0 spiro atoms.